The Hall–Kier alpha value is -3.65. The molecular formula is C24H23N3O4S. The van der Waals surface area contributed by atoms with Crippen molar-refractivity contribution in [2.75, 3.05) is 41.3 Å². The van der Waals surface area contributed by atoms with Crippen LogP contribution in [0, 0.1) is 0 Å². The van der Waals surface area contributed by atoms with Gasteiger partial charge < -0.3 is 20.2 Å². The number of carboxylic acid groups (broad SMARTS) is 1. The number of carbonyl (C=O) groups is 3. The number of Topliss-reactive ketones (excluding diaryl/α,β-unsaturated/α-hetero) is 1. The molecule has 1 saturated heterocycles. The predicted molar refractivity (Wildman–Crippen MR) is 127 cm³/mol. The first kappa shape index (κ1) is 21.6. The number of carboxylic acids is 1. The first-order valence-electron chi connectivity index (χ1n) is 10.3. The van der Waals surface area contributed by atoms with Crippen molar-refractivity contribution in [3.8, 4) is 0 Å². The number of nitrogens with one attached hydrogen (secondary N) is 1. The van der Waals surface area contributed by atoms with Crippen LogP contribution in [0.4, 0.5) is 17.1 Å². The number of benzene rings is 2. The van der Waals surface area contributed by atoms with Gasteiger partial charge in [0.1, 0.15) is 0 Å². The molecule has 1 amide bonds. The Bertz CT molecular complexity index is 1130. The molecule has 164 valence electrons. The Morgan fingerprint density at radius 1 is 0.938 bits per heavy atom. The largest absolute Gasteiger partial charge is 0.478 e. The number of anilines is 3. The lowest BCUT2D eigenvalue weighted by molar-refractivity contribution is 0.0697. The van der Waals surface area contributed by atoms with E-state index in [-0.39, 0.29) is 17.3 Å². The number of amides is 1. The van der Waals surface area contributed by atoms with Crippen molar-refractivity contribution in [2.24, 2.45) is 0 Å². The van der Waals surface area contributed by atoms with Gasteiger partial charge in [-0.1, -0.05) is 6.07 Å². The van der Waals surface area contributed by atoms with Crippen molar-refractivity contribution < 1.29 is 19.5 Å². The Morgan fingerprint density at radius 3 is 2.22 bits per heavy atom. The zero-order valence-corrected chi connectivity index (χ0v) is 18.4. The van der Waals surface area contributed by atoms with E-state index in [0.29, 0.717) is 34.9 Å². The molecule has 0 aliphatic carbocycles. The molecule has 3 aromatic rings. The van der Waals surface area contributed by atoms with Crippen LogP contribution in [-0.4, -0.2) is 48.9 Å². The van der Waals surface area contributed by atoms with Gasteiger partial charge in [-0.2, -0.15) is 0 Å². The molecule has 1 aromatic heterocycles. The predicted octanol–water partition coefficient (Wildman–Crippen LogP) is 4.23. The number of aromatic carboxylic acids is 1. The quantitative estimate of drug-likeness (QED) is 0.548. The van der Waals surface area contributed by atoms with Crippen molar-refractivity contribution in [3.05, 3.63) is 76.0 Å². The number of piperazine rings is 1. The summed E-state index contributed by atoms with van der Waals surface area (Å²) in [4.78, 5) is 40.5. The third-order valence-electron chi connectivity index (χ3n) is 5.49. The number of ketones is 1. The van der Waals surface area contributed by atoms with Gasteiger partial charge in [0.15, 0.2) is 5.78 Å². The monoisotopic (exact) mass is 449 g/mol. The maximum absolute atomic E-state index is 12.3. The molecule has 0 bridgehead atoms. The van der Waals surface area contributed by atoms with Gasteiger partial charge in [-0.15, -0.1) is 11.3 Å². The fourth-order valence-corrected chi connectivity index (χ4v) is 4.39. The fraction of sp³-hybridized carbons (Fsp3) is 0.208. The van der Waals surface area contributed by atoms with Gasteiger partial charge in [0, 0.05) is 43.1 Å². The van der Waals surface area contributed by atoms with E-state index in [9.17, 15) is 19.5 Å². The molecule has 2 N–H and O–H groups in total. The summed E-state index contributed by atoms with van der Waals surface area (Å²) < 4.78 is 0. The zero-order valence-electron chi connectivity index (χ0n) is 17.6. The Kier molecular flexibility index (Phi) is 6.23. The van der Waals surface area contributed by atoms with Crippen molar-refractivity contribution in [3.63, 3.8) is 0 Å². The van der Waals surface area contributed by atoms with Gasteiger partial charge in [0.05, 0.1) is 16.1 Å². The van der Waals surface area contributed by atoms with Gasteiger partial charge in [0.25, 0.3) is 5.91 Å². The molecule has 0 atom stereocenters. The van der Waals surface area contributed by atoms with Crippen molar-refractivity contribution in [1.29, 1.82) is 0 Å². The Labute approximate surface area is 189 Å². The molecule has 0 unspecified atom stereocenters. The summed E-state index contributed by atoms with van der Waals surface area (Å²) in [6, 6.07) is 16.1. The number of thiophene rings is 1. The highest BCUT2D eigenvalue weighted by atomic mass is 32.1. The van der Waals surface area contributed by atoms with Crippen LogP contribution in [-0.2, 0) is 0 Å². The molecule has 0 saturated carbocycles. The summed E-state index contributed by atoms with van der Waals surface area (Å²) in [5, 5.41) is 14.3. The van der Waals surface area contributed by atoms with Crippen LogP contribution < -0.4 is 15.1 Å². The van der Waals surface area contributed by atoms with Crippen LogP contribution in [0.5, 0.6) is 0 Å². The number of hydrogen-bond acceptors (Lipinski definition) is 6. The second-order valence-corrected chi connectivity index (χ2v) is 8.49. The van der Waals surface area contributed by atoms with Gasteiger partial charge in [-0.05, 0) is 60.8 Å². The summed E-state index contributed by atoms with van der Waals surface area (Å²) in [6.07, 6.45) is 0. The minimum absolute atomic E-state index is 0.0394. The van der Waals surface area contributed by atoms with Gasteiger partial charge in [-0.25, -0.2) is 4.79 Å². The van der Waals surface area contributed by atoms with Crippen LogP contribution in [0.1, 0.15) is 37.3 Å². The van der Waals surface area contributed by atoms with Crippen LogP contribution in [0.15, 0.2) is 60.0 Å². The molecule has 1 aliphatic rings. The minimum atomic E-state index is -1.03. The molecule has 32 heavy (non-hydrogen) atoms. The number of hydrogen-bond donors (Lipinski definition) is 2. The van der Waals surface area contributed by atoms with E-state index in [1.807, 2.05) is 29.6 Å². The molecule has 4 rings (SSSR count). The van der Waals surface area contributed by atoms with E-state index in [0.717, 1.165) is 18.8 Å². The van der Waals surface area contributed by atoms with E-state index in [1.165, 1.54) is 17.4 Å². The highest BCUT2D eigenvalue weighted by molar-refractivity contribution is 7.12. The fourth-order valence-electron chi connectivity index (χ4n) is 3.77. The normalized spacial score (nSPS) is 13.7. The number of carbonyl (C=O) groups excluding carboxylic acids is 2. The summed E-state index contributed by atoms with van der Waals surface area (Å²) in [7, 11) is 0. The second kappa shape index (κ2) is 9.23. The molecule has 7 nitrogen and oxygen atoms in total. The highest BCUT2D eigenvalue weighted by Gasteiger charge is 2.22. The molecule has 2 heterocycles. The molecule has 1 aliphatic heterocycles. The molecule has 0 radical (unpaired) electrons. The van der Waals surface area contributed by atoms with Crippen molar-refractivity contribution in [2.45, 2.75) is 6.92 Å². The molecular weight excluding hydrogens is 426 g/mol. The van der Waals surface area contributed by atoms with Crippen molar-refractivity contribution in [1.82, 2.24) is 0 Å². The van der Waals surface area contributed by atoms with Crippen LogP contribution in [0.3, 0.4) is 0 Å². The third kappa shape index (κ3) is 4.65. The molecule has 0 spiro atoms. The smallest absolute Gasteiger partial charge is 0.337 e. The Morgan fingerprint density at radius 2 is 1.62 bits per heavy atom. The van der Waals surface area contributed by atoms with E-state index in [1.54, 1.807) is 31.2 Å². The second-order valence-electron chi connectivity index (χ2n) is 7.55. The van der Waals surface area contributed by atoms with E-state index in [4.69, 9.17) is 0 Å². The number of nitrogens with zero attached hydrogens (tertiary/aromatic N) is 2. The van der Waals surface area contributed by atoms with E-state index < -0.39 is 5.97 Å². The average Bonchev–Trinajstić information content (AvgIpc) is 3.34. The molecule has 2 aromatic carbocycles. The highest BCUT2D eigenvalue weighted by Crippen LogP contribution is 2.27. The summed E-state index contributed by atoms with van der Waals surface area (Å²) in [5.41, 5.74) is 2.98. The third-order valence-corrected chi connectivity index (χ3v) is 6.36. The van der Waals surface area contributed by atoms with Crippen LogP contribution in [0.2, 0.25) is 0 Å². The van der Waals surface area contributed by atoms with Crippen molar-refractivity contribution >= 4 is 46.1 Å². The SMILES string of the molecule is CC(=O)c1ccc(N2CCN(c3ccc(NC(=O)c4cccs4)cc3C(=O)O)CC2)cc1. The van der Waals surface area contributed by atoms with Crippen LogP contribution in [0.25, 0.3) is 0 Å². The van der Waals surface area contributed by atoms with Gasteiger partial charge in [0.2, 0.25) is 0 Å². The maximum atomic E-state index is 12.3. The van der Waals surface area contributed by atoms with E-state index in [2.05, 4.69) is 15.1 Å². The number of rotatable bonds is 6. The summed E-state index contributed by atoms with van der Waals surface area (Å²) in [6.45, 7) is 4.34. The first-order chi connectivity index (χ1) is 15.4. The lowest BCUT2D eigenvalue weighted by Gasteiger charge is -2.38. The Balaban J connectivity index is 1.46. The minimum Gasteiger partial charge on any atom is -0.478 e. The topological polar surface area (TPSA) is 90.0 Å². The van der Waals surface area contributed by atoms with Gasteiger partial charge in [-0.3, -0.25) is 9.59 Å². The van der Waals surface area contributed by atoms with E-state index >= 15 is 0 Å². The molecule has 1 fully saturated rings. The summed E-state index contributed by atoms with van der Waals surface area (Å²) >= 11 is 1.33. The zero-order chi connectivity index (χ0) is 22.7. The lowest BCUT2D eigenvalue weighted by atomic mass is 10.1. The van der Waals surface area contributed by atoms with Gasteiger partial charge >= 0.3 is 5.97 Å². The maximum Gasteiger partial charge on any atom is 0.337 e. The summed E-state index contributed by atoms with van der Waals surface area (Å²) in [5.74, 6) is -1.25. The average molecular weight is 450 g/mol. The first-order valence-corrected chi connectivity index (χ1v) is 11.1. The van der Waals surface area contributed by atoms with Crippen LogP contribution >= 0.6 is 11.3 Å². The lowest BCUT2D eigenvalue weighted by Crippen LogP contribution is -2.47. The molecule has 8 heteroatoms. The standard InChI is InChI=1S/C24H23N3O4S/c1-16(28)17-4-7-19(8-5-17)26-10-12-27(13-11-26)21-9-6-18(15-20(21)24(30)31)25-23(29)22-3-2-14-32-22/h2-9,14-15H,10-13H2,1H3,(H,25,29)(H,30,31).